The zero-order valence-electron chi connectivity index (χ0n) is 19.5. The van der Waals surface area contributed by atoms with E-state index in [0.29, 0.717) is 31.0 Å². The average molecular weight is 473 g/mol. The first-order valence-corrected chi connectivity index (χ1v) is 12.6. The molecule has 2 amide bonds. The maximum Gasteiger partial charge on any atom is 0.253 e. The first kappa shape index (κ1) is 22.5. The first-order valence-electron chi connectivity index (χ1n) is 11.6. The lowest BCUT2D eigenvalue weighted by molar-refractivity contribution is -0.116. The Morgan fingerprint density at radius 2 is 1.74 bits per heavy atom. The number of nitrogens with zero attached hydrogens (tertiary/aromatic N) is 4. The molecule has 1 saturated heterocycles. The van der Waals surface area contributed by atoms with E-state index < -0.39 is 0 Å². The third kappa shape index (κ3) is 4.53. The first-order chi connectivity index (χ1) is 16.5. The van der Waals surface area contributed by atoms with Crippen LogP contribution in [0.1, 0.15) is 27.0 Å². The van der Waals surface area contributed by atoms with Gasteiger partial charge in [-0.3, -0.25) is 9.59 Å². The molecule has 3 aromatic rings. The van der Waals surface area contributed by atoms with Gasteiger partial charge in [-0.05, 0) is 60.9 Å². The van der Waals surface area contributed by atoms with Crippen molar-refractivity contribution in [1.29, 1.82) is 0 Å². The summed E-state index contributed by atoms with van der Waals surface area (Å²) in [6.45, 7) is 7.80. The number of piperazine rings is 1. The number of thioether (sulfide) groups is 1. The Balaban J connectivity index is 1.23. The van der Waals surface area contributed by atoms with E-state index in [4.69, 9.17) is 0 Å². The number of aryl methyl sites for hydroxylation is 2. The van der Waals surface area contributed by atoms with Crippen molar-refractivity contribution < 1.29 is 9.59 Å². The molecule has 1 aromatic heterocycles. The van der Waals surface area contributed by atoms with Crippen LogP contribution in [0.15, 0.2) is 65.8 Å². The van der Waals surface area contributed by atoms with Gasteiger partial charge in [0, 0.05) is 43.6 Å². The largest absolute Gasteiger partial charge is 0.368 e. The van der Waals surface area contributed by atoms with Gasteiger partial charge in [-0.1, -0.05) is 36.0 Å². The Labute approximate surface area is 204 Å². The van der Waals surface area contributed by atoms with E-state index in [1.807, 2.05) is 41.3 Å². The van der Waals surface area contributed by atoms with Crippen LogP contribution in [0.5, 0.6) is 0 Å². The Bertz CT molecular complexity index is 1220. The van der Waals surface area contributed by atoms with Crippen molar-refractivity contribution in [2.24, 2.45) is 0 Å². The molecule has 2 aliphatic heterocycles. The molecule has 0 radical (unpaired) electrons. The van der Waals surface area contributed by atoms with Crippen LogP contribution in [0.3, 0.4) is 0 Å². The Morgan fingerprint density at radius 3 is 2.50 bits per heavy atom. The third-order valence-electron chi connectivity index (χ3n) is 6.49. The molecule has 0 aliphatic carbocycles. The van der Waals surface area contributed by atoms with Crippen molar-refractivity contribution >= 4 is 35.0 Å². The van der Waals surface area contributed by atoms with Gasteiger partial charge in [-0.2, -0.15) is 0 Å². The van der Waals surface area contributed by atoms with Gasteiger partial charge in [-0.15, -0.1) is 0 Å². The van der Waals surface area contributed by atoms with Gasteiger partial charge in [0.1, 0.15) is 5.03 Å². The van der Waals surface area contributed by atoms with Gasteiger partial charge >= 0.3 is 0 Å². The highest BCUT2D eigenvalue weighted by Gasteiger charge is 2.26. The molecule has 174 valence electrons. The fourth-order valence-corrected chi connectivity index (χ4v) is 5.42. The predicted molar refractivity (Wildman–Crippen MR) is 137 cm³/mol. The zero-order chi connectivity index (χ0) is 23.7. The minimum absolute atomic E-state index is 0.0622. The van der Waals surface area contributed by atoms with E-state index >= 15 is 0 Å². The third-order valence-corrected chi connectivity index (χ3v) is 7.47. The van der Waals surface area contributed by atoms with Crippen LogP contribution in [0.25, 0.3) is 0 Å². The lowest BCUT2D eigenvalue weighted by atomic mass is 10.1. The maximum atomic E-state index is 13.1. The van der Waals surface area contributed by atoms with Crippen LogP contribution in [-0.2, 0) is 11.3 Å². The van der Waals surface area contributed by atoms with Gasteiger partial charge < -0.3 is 14.7 Å². The summed E-state index contributed by atoms with van der Waals surface area (Å²) in [6.07, 6.45) is 1.75. The number of carbonyl (C=O) groups is 2. The molecular weight excluding hydrogens is 444 g/mol. The van der Waals surface area contributed by atoms with E-state index in [2.05, 4.69) is 41.9 Å². The van der Waals surface area contributed by atoms with Crippen molar-refractivity contribution in [3.8, 4) is 0 Å². The zero-order valence-corrected chi connectivity index (χ0v) is 20.3. The van der Waals surface area contributed by atoms with Crippen LogP contribution in [-0.4, -0.2) is 53.6 Å². The topological polar surface area (TPSA) is 56.8 Å². The predicted octanol–water partition coefficient (Wildman–Crippen LogP) is 4.30. The quantitative estimate of drug-likeness (QED) is 0.567. The normalized spacial score (nSPS) is 15.9. The molecule has 0 saturated carbocycles. The van der Waals surface area contributed by atoms with Crippen LogP contribution < -0.4 is 9.80 Å². The highest BCUT2D eigenvalue weighted by molar-refractivity contribution is 8.00. The Kier molecular flexibility index (Phi) is 6.28. The number of carbonyl (C=O) groups excluding carboxylic acids is 2. The van der Waals surface area contributed by atoms with Crippen molar-refractivity contribution in [3.63, 3.8) is 0 Å². The molecule has 5 rings (SSSR count). The molecule has 0 unspecified atom stereocenters. The summed E-state index contributed by atoms with van der Waals surface area (Å²) in [5, 5.41) is 0.883. The second-order valence-corrected chi connectivity index (χ2v) is 9.83. The molecule has 3 heterocycles. The number of fused-ring (bicyclic) bond motifs is 1. The number of hydrogen-bond donors (Lipinski definition) is 0. The highest BCUT2D eigenvalue weighted by Crippen LogP contribution is 2.34. The van der Waals surface area contributed by atoms with Crippen LogP contribution in [0.2, 0.25) is 0 Å². The summed E-state index contributed by atoms with van der Waals surface area (Å²) in [7, 11) is 0. The molecule has 7 heteroatoms. The van der Waals surface area contributed by atoms with Crippen molar-refractivity contribution in [2.45, 2.75) is 25.4 Å². The molecule has 2 aliphatic rings. The van der Waals surface area contributed by atoms with E-state index in [1.165, 1.54) is 28.6 Å². The number of rotatable bonds is 4. The molecule has 0 bridgehead atoms. The molecule has 6 nitrogen and oxygen atoms in total. The molecule has 0 atom stereocenters. The number of aromatic nitrogens is 1. The van der Waals surface area contributed by atoms with E-state index in [1.54, 1.807) is 11.1 Å². The highest BCUT2D eigenvalue weighted by atomic mass is 32.2. The van der Waals surface area contributed by atoms with Crippen LogP contribution in [0.4, 0.5) is 11.4 Å². The number of amides is 2. The van der Waals surface area contributed by atoms with Gasteiger partial charge in [0.15, 0.2) is 0 Å². The lowest BCUT2D eigenvalue weighted by Gasteiger charge is -2.37. The minimum Gasteiger partial charge on any atom is -0.368 e. The second-order valence-electron chi connectivity index (χ2n) is 8.86. The summed E-state index contributed by atoms with van der Waals surface area (Å²) in [4.78, 5) is 36.1. The summed E-state index contributed by atoms with van der Waals surface area (Å²) >= 11 is 1.48. The molecule has 0 N–H and O–H groups in total. The monoisotopic (exact) mass is 472 g/mol. The van der Waals surface area contributed by atoms with E-state index in [-0.39, 0.29) is 11.8 Å². The van der Waals surface area contributed by atoms with Crippen LogP contribution in [0, 0.1) is 13.8 Å². The molecule has 1 fully saturated rings. The SMILES string of the molecule is Cc1ccc(C)c(N2CCN(C(=O)c3ccc(CN4C(=O)CSc5ncccc54)cc3)CC2)c1. The maximum absolute atomic E-state index is 13.1. The molecule has 34 heavy (non-hydrogen) atoms. The molecule has 0 spiro atoms. The standard InChI is InChI=1S/C27H28N4O2S/c1-19-5-6-20(2)24(16-19)29-12-14-30(15-13-29)27(33)22-9-7-21(8-10-22)17-31-23-4-3-11-28-26(23)34-18-25(31)32/h3-11,16H,12-15,17-18H2,1-2H3. The van der Waals surface area contributed by atoms with E-state index in [9.17, 15) is 9.59 Å². The Morgan fingerprint density at radius 1 is 0.971 bits per heavy atom. The summed E-state index contributed by atoms with van der Waals surface area (Å²) in [6, 6.07) is 18.0. The lowest BCUT2D eigenvalue weighted by Crippen LogP contribution is -2.49. The number of hydrogen-bond acceptors (Lipinski definition) is 5. The van der Waals surface area contributed by atoms with Gasteiger partial charge in [0.05, 0.1) is 18.0 Å². The molecular formula is C27H28N4O2S. The number of benzene rings is 2. The van der Waals surface area contributed by atoms with Gasteiger partial charge in [0.25, 0.3) is 5.91 Å². The second kappa shape index (κ2) is 9.50. The van der Waals surface area contributed by atoms with Crippen molar-refractivity contribution in [3.05, 3.63) is 83.0 Å². The number of anilines is 2. The fourth-order valence-electron chi connectivity index (χ4n) is 4.54. The van der Waals surface area contributed by atoms with Gasteiger partial charge in [-0.25, -0.2) is 4.98 Å². The summed E-state index contributed by atoms with van der Waals surface area (Å²) < 4.78 is 0. The fraction of sp³-hybridized carbons (Fsp3) is 0.296. The van der Waals surface area contributed by atoms with E-state index in [0.717, 1.165) is 29.4 Å². The Hall–Kier alpha value is -3.32. The molecule has 2 aromatic carbocycles. The minimum atomic E-state index is 0.0622. The number of pyridine rings is 1. The van der Waals surface area contributed by atoms with Crippen molar-refractivity contribution in [2.75, 3.05) is 41.7 Å². The summed E-state index contributed by atoms with van der Waals surface area (Å²) in [5.74, 6) is 0.536. The smallest absolute Gasteiger partial charge is 0.253 e. The van der Waals surface area contributed by atoms with Gasteiger partial charge in [0.2, 0.25) is 5.91 Å². The van der Waals surface area contributed by atoms with Crippen molar-refractivity contribution in [1.82, 2.24) is 9.88 Å². The van der Waals surface area contributed by atoms with Crippen LogP contribution >= 0.6 is 11.8 Å². The average Bonchev–Trinajstić information content (AvgIpc) is 2.87. The summed E-state index contributed by atoms with van der Waals surface area (Å²) in [5.41, 5.74) is 6.32.